The summed E-state index contributed by atoms with van der Waals surface area (Å²) in [6, 6.07) is 0. The van der Waals surface area contributed by atoms with Gasteiger partial charge in [0.25, 0.3) is 0 Å². The second-order valence-corrected chi connectivity index (χ2v) is 1.99. The summed E-state index contributed by atoms with van der Waals surface area (Å²) in [7, 11) is 0. The molecule has 0 aliphatic carbocycles. The van der Waals surface area contributed by atoms with Crippen molar-refractivity contribution in [2.45, 2.75) is 25.7 Å². The van der Waals surface area contributed by atoms with Gasteiger partial charge in [0.2, 0.25) is 0 Å². The zero-order chi connectivity index (χ0) is 12.0. The van der Waals surface area contributed by atoms with Crippen molar-refractivity contribution >= 4 is 68.7 Å². The summed E-state index contributed by atoms with van der Waals surface area (Å²) in [6.07, 6.45) is 1.02. The quantitative estimate of drug-likeness (QED) is 0.368. The minimum absolute atomic E-state index is 0.0628. The molecule has 0 saturated heterocycles. The van der Waals surface area contributed by atoms with E-state index in [-0.39, 0.29) is 12.8 Å². The van der Waals surface area contributed by atoms with Gasteiger partial charge in [0.1, 0.15) is 0 Å². The Morgan fingerprint density at radius 3 is 1.14 bits per heavy atom. The SMILES string of the molecule is O=C(O)CCCCC(=O)O.[SeH][SeH].[SeH][SeH]. The molecule has 0 aromatic rings. The Morgan fingerprint density at radius 1 is 0.786 bits per heavy atom. The van der Waals surface area contributed by atoms with E-state index in [9.17, 15) is 9.59 Å². The summed E-state index contributed by atoms with van der Waals surface area (Å²) >= 11 is 9.00. The molecule has 4 nitrogen and oxygen atoms in total. The van der Waals surface area contributed by atoms with Gasteiger partial charge in [-0.2, -0.15) is 0 Å². The average molecular weight is 466 g/mol. The summed E-state index contributed by atoms with van der Waals surface area (Å²) in [4.78, 5) is 19.8. The molecule has 0 atom stereocenters. The zero-order valence-corrected chi connectivity index (χ0v) is 14.8. The standard InChI is InChI=1S/C6H10O4.2H2Se2/c7-5(8)3-1-2-4-6(9)10;2*1-2/h1-4H2,(H,7,8)(H,9,10);2*1-2H. The van der Waals surface area contributed by atoms with E-state index in [4.69, 9.17) is 10.2 Å². The first-order valence-electron chi connectivity index (χ1n) is 3.46. The van der Waals surface area contributed by atoms with Gasteiger partial charge in [-0.1, -0.05) is 0 Å². The number of carboxylic acid groups (broad SMARTS) is 2. The van der Waals surface area contributed by atoms with Crippen molar-refractivity contribution in [3.05, 3.63) is 0 Å². The van der Waals surface area contributed by atoms with Crippen LogP contribution >= 0.6 is 0 Å². The van der Waals surface area contributed by atoms with Gasteiger partial charge in [0.05, 0.1) is 0 Å². The monoisotopic (exact) mass is 470 g/mol. The van der Waals surface area contributed by atoms with Crippen LogP contribution in [0.3, 0.4) is 0 Å². The molecule has 8 heteroatoms. The predicted molar refractivity (Wildman–Crippen MR) is 62.3 cm³/mol. The Balaban J connectivity index is -0.000000266. The third-order valence-corrected chi connectivity index (χ3v) is 1.03. The Labute approximate surface area is 113 Å². The third kappa shape index (κ3) is 29.2. The molecule has 86 valence electrons. The summed E-state index contributed by atoms with van der Waals surface area (Å²) in [5, 5.41) is 16.3. The number of hydrogen-bond acceptors (Lipinski definition) is 2. The molecule has 0 aliphatic rings. The maximum absolute atomic E-state index is 9.90. The minimum atomic E-state index is -0.870. The summed E-state index contributed by atoms with van der Waals surface area (Å²) < 4.78 is 0. The van der Waals surface area contributed by atoms with Gasteiger partial charge in [-0.25, -0.2) is 0 Å². The van der Waals surface area contributed by atoms with Gasteiger partial charge >= 0.3 is 68.7 Å². The molecule has 0 spiro atoms. The van der Waals surface area contributed by atoms with Gasteiger partial charge in [0.15, 0.2) is 0 Å². The van der Waals surface area contributed by atoms with Crippen molar-refractivity contribution in [1.82, 2.24) is 0 Å². The fourth-order valence-corrected chi connectivity index (χ4v) is 0.552. The summed E-state index contributed by atoms with van der Waals surface area (Å²) in [5.74, 6) is -1.74. The molecule has 0 amide bonds. The molecule has 0 aromatic heterocycles. The molecular formula is C6H14O4Se4. The van der Waals surface area contributed by atoms with Crippen molar-refractivity contribution in [2.24, 2.45) is 0 Å². The molecule has 0 aliphatic heterocycles. The van der Waals surface area contributed by atoms with Crippen LogP contribution in [-0.4, -0.2) is 78.9 Å². The van der Waals surface area contributed by atoms with Crippen LogP contribution in [0.4, 0.5) is 0 Å². The third-order valence-electron chi connectivity index (χ3n) is 1.03. The number of rotatable bonds is 5. The molecule has 0 saturated carbocycles. The molecule has 0 fully saturated rings. The van der Waals surface area contributed by atoms with Gasteiger partial charge in [-0.15, -0.1) is 0 Å². The molecule has 0 radical (unpaired) electrons. The first-order chi connectivity index (χ1) is 6.63. The second-order valence-electron chi connectivity index (χ2n) is 1.99. The van der Waals surface area contributed by atoms with E-state index in [2.05, 4.69) is 56.7 Å². The first-order valence-corrected chi connectivity index (χ1v) is 13.9. The molecule has 0 rings (SSSR count). The Hall–Kier alpha value is 1.02. The number of unbranched alkanes of at least 4 members (excludes halogenated alkanes) is 1. The van der Waals surface area contributed by atoms with E-state index in [0.717, 1.165) is 0 Å². The van der Waals surface area contributed by atoms with E-state index in [0.29, 0.717) is 12.8 Å². The fourth-order valence-electron chi connectivity index (χ4n) is 0.552. The predicted octanol–water partition coefficient (Wildman–Crippen LogP) is -1.88. The van der Waals surface area contributed by atoms with Crippen LogP contribution in [0.5, 0.6) is 0 Å². The van der Waals surface area contributed by atoms with Gasteiger partial charge in [-0.3, -0.25) is 9.59 Å². The van der Waals surface area contributed by atoms with Crippen LogP contribution in [-0.2, 0) is 9.59 Å². The van der Waals surface area contributed by atoms with Gasteiger partial charge in [-0.05, 0) is 12.8 Å². The van der Waals surface area contributed by atoms with Crippen LogP contribution in [0, 0.1) is 0 Å². The van der Waals surface area contributed by atoms with E-state index in [1.807, 2.05) is 0 Å². The number of carbonyl (C=O) groups is 2. The molecule has 0 heterocycles. The second kappa shape index (κ2) is 19.6. The number of aliphatic carboxylic acids is 2. The van der Waals surface area contributed by atoms with Crippen molar-refractivity contribution < 1.29 is 19.8 Å². The normalized spacial score (nSPS) is 7.43. The van der Waals surface area contributed by atoms with Crippen LogP contribution in [0.15, 0.2) is 0 Å². The van der Waals surface area contributed by atoms with Crippen LogP contribution in [0.2, 0.25) is 0 Å². The van der Waals surface area contributed by atoms with E-state index in [1.54, 1.807) is 0 Å². The molecule has 0 aromatic carbocycles. The maximum atomic E-state index is 9.90. The Morgan fingerprint density at radius 2 is 1.00 bits per heavy atom. The Bertz CT molecular complexity index is 126. The zero-order valence-electron chi connectivity index (χ0n) is 7.33. The molecule has 0 unspecified atom stereocenters. The topological polar surface area (TPSA) is 74.6 Å². The van der Waals surface area contributed by atoms with Crippen LogP contribution in [0.1, 0.15) is 25.7 Å². The van der Waals surface area contributed by atoms with Crippen LogP contribution < -0.4 is 0 Å². The molecule has 14 heavy (non-hydrogen) atoms. The van der Waals surface area contributed by atoms with Crippen LogP contribution in [0.25, 0.3) is 0 Å². The van der Waals surface area contributed by atoms with Crippen molar-refractivity contribution in [3.63, 3.8) is 0 Å². The number of hydrogen-bond donors (Lipinski definition) is 2. The van der Waals surface area contributed by atoms with E-state index >= 15 is 0 Å². The summed E-state index contributed by atoms with van der Waals surface area (Å²) in [5.41, 5.74) is 0. The van der Waals surface area contributed by atoms with Gasteiger partial charge < -0.3 is 10.2 Å². The van der Waals surface area contributed by atoms with Gasteiger partial charge in [0, 0.05) is 12.8 Å². The number of carboxylic acids is 2. The van der Waals surface area contributed by atoms with E-state index in [1.165, 1.54) is 0 Å². The Kier molecular flexibility index (Phi) is 28.6. The van der Waals surface area contributed by atoms with Crippen molar-refractivity contribution in [2.75, 3.05) is 0 Å². The summed E-state index contributed by atoms with van der Waals surface area (Å²) in [6.45, 7) is 0. The molecular weight excluding hydrogens is 452 g/mol. The van der Waals surface area contributed by atoms with E-state index < -0.39 is 11.9 Å². The van der Waals surface area contributed by atoms with Crippen molar-refractivity contribution in [3.8, 4) is 0 Å². The molecule has 2 N–H and O–H groups in total. The van der Waals surface area contributed by atoms with Crippen molar-refractivity contribution in [1.29, 1.82) is 0 Å². The first kappa shape index (κ1) is 20.4. The average Bonchev–Trinajstić information content (AvgIpc) is 2.18. The molecule has 0 bridgehead atoms. The fraction of sp³-hybridized carbons (Fsp3) is 0.667.